The molecule has 2 unspecified atom stereocenters. The van der Waals surface area contributed by atoms with Gasteiger partial charge in [-0.3, -0.25) is 9.97 Å². The van der Waals surface area contributed by atoms with Gasteiger partial charge >= 0.3 is 0 Å². The molecular formula is C50H68N2P2. The third-order valence-electron chi connectivity index (χ3n) is 10.6. The minimum atomic E-state index is -0.992. The summed E-state index contributed by atoms with van der Waals surface area (Å²) >= 11 is 0. The van der Waals surface area contributed by atoms with Crippen molar-refractivity contribution in [3.63, 3.8) is 0 Å². The van der Waals surface area contributed by atoms with Crippen LogP contribution in [-0.2, 0) is 32.5 Å². The van der Waals surface area contributed by atoms with Crippen molar-refractivity contribution in [3.05, 3.63) is 129 Å². The molecule has 0 aliphatic carbocycles. The number of hydrogen-bond acceptors (Lipinski definition) is 2. The van der Waals surface area contributed by atoms with Gasteiger partial charge in [-0.15, -0.1) is 0 Å². The second-order valence-electron chi connectivity index (χ2n) is 21.6. The molecule has 2 atom stereocenters. The highest BCUT2D eigenvalue weighted by Crippen LogP contribution is 2.77. The van der Waals surface area contributed by atoms with Crippen molar-refractivity contribution < 1.29 is 0 Å². The standard InChI is InChI=1S/C50H68N2P2/c1-45(2,3)35-26-37(47(7,8)9)43(38(27-35)48(10,11)12)53-32-41(34-22-20-24-52-31-34)54(42(53)25-33-21-19-23-51-30-33)44-39(49(13,14)15)28-36(46(4,5)6)29-40(44)50(16,17)18/h19-32H,1-18H3/b42-25+. The number of aromatic nitrogens is 2. The molecule has 0 fully saturated rings. The van der Waals surface area contributed by atoms with E-state index in [9.17, 15) is 0 Å². The first-order chi connectivity index (χ1) is 24.6. The summed E-state index contributed by atoms with van der Waals surface area (Å²) in [5.41, 5.74) is 10.8. The third-order valence-corrected chi connectivity index (χ3v) is 16.5. The monoisotopic (exact) mass is 758 g/mol. The molecule has 2 aromatic carbocycles. The quantitative estimate of drug-likeness (QED) is 0.194. The Hall–Kier alpha value is -2.92. The van der Waals surface area contributed by atoms with Crippen LogP contribution in [0.5, 0.6) is 0 Å². The lowest BCUT2D eigenvalue weighted by atomic mass is 9.75. The SMILES string of the molecule is CC(C)(C)c1cc(C(C)(C)C)c(P2C=C(c3cccnc3)P(c3c(C(C)(C)C)cc(C(C)(C)C)cc3C(C)(C)C)/C2=C/c2cccnc2)c(C(C)(C)C)c1. The Balaban J connectivity index is 2.05. The normalized spacial score (nSPS) is 18.3. The van der Waals surface area contributed by atoms with Gasteiger partial charge in [-0.1, -0.05) is 161 Å². The van der Waals surface area contributed by atoms with Crippen LogP contribution < -0.4 is 10.6 Å². The first-order valence-electron chi connectivity index (χ1n) is 19.8. The van der Waals surface area contributed by atoms with Gasteiger partial charge in [0.1, 0.15) is 0 Å². The molecule has 0 bridgehead atoms. The molecule has 2 aromatic heterocycles. The smallest absolute Gasteiger partial charge is 0.0346 e. The maximum Gasteiger partial charge on any atom is 0.0346 e. The van der Waals surface area contributed by atoms with Gasteiger partial charge < -0.3 is 0 Å². The van der Waals surface area contributed by atoms with E-state index in [2.05, 4.69) is 196 Å². The van der Waals surface area contributed by atoms with Crippen molar-refractivity contribution in [3.8, 4) is 0 Å². The van der Waals surface area contributed by atoms with E-state index in [1.807, 2.05) is 18.6 Å². The minimum absolute atomic E-state index is 0.0164. The van der Waals surface area contributed by atoms with Crippen LogP contribution in [0.2, 0.25) is 0 Å². The van der Waals surface area contributed by atoms with Crippen LogP contribution in [0.25, 0.3) is 11.4 Å². The minimum Gasteiger partial charge on any atom is -0.264 e. The van der Waals surface area contributed by atoms with Crippen molar-refractivity contribution in [2.24, 2.45) is 0 Å². The molecule has 2 nitrogen and oxygen atoms in total. The van der Waals surface area contributed by atoms with Crippen LogP contribution in [0.1, 0.15) is 169 Å². The maximum atomic E-state index is 4.75. The third kappa shape index (κ3) is 8.87. The molecule has 54 heavy (non-hydrogen) atoms. The highest BCUT2D eigenvalue weighted by atomic mass is 31.2. The summed E-state index contributed by atoms with van der Waals surface area (Å²) in [6.07, 6.45) is 10.5. The lowest BCUT2D eigenvalue weighted by molar-refractivity contribution is 0.553. The Morgan fingerprint density at radius 1 is 0.481 bits per heavy atom. The van der Waals surface area contributed by atoms with Crippen LogP contribution in [-0.4, -0.2) is 9.97 Å². The molecule has 4 heteroatoms. The van der Waals surface area contributed by atoms with Crippen molar-refractivity contribution in [1.82, 2.24) is 9.97 Å². The zero-order valence-corrected chi connectivity index (χ0v) is 38.7. The van der Waals surface area contributed by atoms with E-state index in [0.29, 0.717) is 0 Å². The van der Waals surface area contributed by atoms with Crippen LogP contribution in [0.15, 0.2) is 84.2 Å². The average Bonchev–Trinajstić information content (AvgIpc) is 3.40. The first-order valence-corrected chi connectivity index (χ1v) is 22.6. The van der Waals surface area contributed by atoms with Crippen molar-refractivity contribution >= 4 is 37.8 Å². The molecule has 0 saturated heterocycles. The molecule has 4 aromatic rings. The fourth-order valence-corrected chi connectivity index (χ4v) is 15.2. The van der Waals surface area contributed by atoms with E-state index in [1.165, 1.54) is 59.9 Å². The topological polar surface area (TPSA) is 25.8 Å². The Bertz CT molecular complexity index is 1970. The van der Waals surface area contributed by atoms with E-state index >= 15 is 0 Å². The predicted octanol–water partition coefficient (Wildman–Crippen LogP) is 14.2. The number of benzene rings is 2. The van der Waals surface area contributed by atoms with Crippen molar-refractivity contribution in [2.45, 2.75) is 157 Å². The molecule has 1 aliphatic rings. The average molecular weight is 759 g/mol. The van der Waals surface area contributed by atoms with Gasteiger partial charge in [0.05, 0.1) is 0 Å². The first kappa shape index (κ1) is 42.2. The second kappa shape index (κ2) is 14.5. The van der Waals surface area contributed by atoms with E-state index in [-0.39, 0.29) is 32.5 Å². The Morgan fingerprint density at radius 2 is 0.889 bits per heavy atom. The number of nitrogens with zero attached hydrogens (tertiary/aromatic N) is 2. The van der Waals surface area contributed by atoms with Crippen LogP contribution in [0.4, 0.5) is 0 Å². The summed E-state index contributed by atoms with van der Waals surface area (Å²) in [6, 6.07) is 19.0. The van der Waals surface area contributed by atoms with Crippen LogP contribution in [0, 0.1) is 0 Å². The maximum absolute atomic E-state index is 4.75. The molecule has 0 saturated carbocycles. The lowest BCUT2D eigenvalue weighted by Gasteiger charge is -2.38. The van der Waals surface area contributed by atoms with E-state index in [0.717, 1.165) is 5.56 Å². The zero-order chi connectivity index (χ0) is 40.4. The second-order valence-corrected chi connectivity index (χ2v) is 26.0. The summed E-state index contributed by atoms with van der Waals surface area (Å²) in [7, 11) is -1.92. The fraction of sp³-hybridized carbons (Fsp3) is 0.480. The van der Waals surface area contributed by atoms with E-state index < -0.39 is 15.8 Å². The largest absolute Gasteiger partial charge is 0.264 e. The van der Waals surface area contributed by atoms with Crippen molar-refractivity contribution in [1.29, 1.82) is 0 Å². The molecular weight excluding hydrogens is 691 g/mol. The lowest BCUT2D eigenvalue weighted by Crippen LogP contribution is -2.32. The highest BCUT2D eigenvalue weighted by Gasteiger charge is 2.43. The summed E-state index contributed by atoms with van der Waals surface area (Å²) in [5.74, 6) is 2.72. The fourth-order valence-electron chi connectivity index (χ4n) is 7.28. The summed E-state index contributed by atoms with van der Waals surface area (Å²) in [4.78, 5) is 9.40. The zero-order valence-electron chi connectivity index (χ0n) is 36.9. The Kier molecular flexibility index (Phi) is 11.4. The molecule has 0 radical (unpaired) electrons. The van der Waals surface area contributed by atoms with Gasteiger partial charge in [0, 0.05) is 30.4 Å². The van der Waals surface area contributed by atoms with Gasteiger partial charge in [0.2, 0.25) is 0 Å². The molecule has 3 heterocycles. The molecule has 0 spiro atoms. The molecule has 0 amide bonds. The predicted molar refractivity (Wildman–Crippen MR) is 243 cm³/mol. The van der Waals surface area contributed by atoms with Crippen molar-refractivity contribution in [2.75, 3.05) is 0 Å². The molecule has 0 N–H and O–H groups in total. The summed E-state index contributed by atoms with van der Waals surface area (Å²) < 4.78 is 0. The molecule has 288 valence electrons. The van der Waals surface area contributed by atoms with Gasteiger partial charge in [-0.2, -0.15) is 0 Å². The molecule has 5 rings (SSSR count). The van der Waals surface area contributed by atoms with Gasteiger partial charge in [-0.05, 0) is 132 Å². The van der Waals surface area contributed by atoms with Crippen LogP contribution in [0.3, 0.4) is 0 Å². The van der Waals surface area contributed by atoms with Gasteiger partial charge in [-0.25, -0.2) is 0 Å². The Morgan fingerprint density at radius 3 is 1.24 bits per heavy atom. The summed E-state index contributed by atoms with van der Waals surface area (Å²) in [5, 5.41) is 6.01. The van der Waals surface area contributed by atoms with Crippen LogP contribution >= 0.6 is 15.8 Å². The summed E-state index contributed by atoms with van der Waals surface area (Å²) in [6.45, 7) is 43.1. The van der Waals surface area contributed by atoms with Gasteiger partial charge in [0.15, 0.2) is 0 Å². The van der Waals surface area contributed by atoms with E-state index in [1.54, 1.807) is 0 Å². The number of rotatable bonds is 4. The van der Waals surface area contributed by atoms with E-state index in [4.69, 9.17) is 4.98 Å². The Labute approximate surface area is 332 Å². The molecule has 1 aliphatic heterocycles. The number of hydrogen-bond donors (Lipinski definition) is 0. The highest BCUT2D eigenvalue weighted by molar-refractivity contribution is 7.98. The number of pyridine rings is 2. The van der Waals surface area contributed by atoms with Gasteiger partial charge in [0.25, 0.3) is 0 Å².